The van der Waals surface area contributed by atoms with E-state index in [1.54, 1.807) is 12.4 Å². The first kappa shape index (κ1) is 41.2. The molecule has 0 bridgehead atoms. The predicted molar refractivity (Wildman–Crippen MR) is 247 cm³/mol. The summed E-state index contributed by atoms with van der Waals surface area (Å²) < 4.78 is 17.0. The summed E-state index contributed by atoms with van der Waals surface area (Å²) in [4.78, 5) is 19.1. The average Bonchev–Trinajstić information content (AvgIpc) is 3.82. The van der Waals surface area contributed by atoms with Crippen LogP contribution < -0.4 is 5.19 Å². The predicted octanol–water partition coefficient (Wildman–Crippen LogP) is 13.3. The number of rotatable bonds is 8. The van der Waals surface area contributed by atoms with Crippen molar-refractivity contribution in [3.8, 4) is 39.5 Å². The van der Waals surface area contributed by atoms with Crippen LogP contribution in [0.1, 0.15) is 77.3 Å². The van der Waals surface area contributed by atoms with E-state index in [2.05, 4.69) is 135 Å². The number of hydrogen-bond donors (Lipinski definition) is 0. The number of pyridine rings is 1. The van der Waals surface area contributed by atoms with Gasteiger partial charge in [0.2, 0.25) is 0 Å². The third-order valence-electron chi connectivity index (χ3n) is 10.8. The molecule has 0 atom stereocenters. The summed E-state index contributed by atoms with van der Waals surface area (Å²) in [6, 6.07) is 44.0. The zero-order valence-corrected chi connectivity index (χ0v) is 39.2. The molecule has 9 rings (SSSR count). The number of fused-ring (bicyclic) bond motifs is 4. The topological polar surface area (TPSA) is 69.6 Å². The second kappa shape index (κ2) is 17.6. The fraction of sp³-hybridized carbons (Fsp3) is 0.231. The van der Waals surface area contributed by atoms with Crippen LogP contribution in [-0.4, -0.2) is 32.6 Å². The largest absolute Gasteiger partial charge is 0.501 e. The van der Waals surface area contributed by atoms with E-state index in [-0.39, 0.29) is 31.9 Å². The Morgan fingerprint density at radius 1 is 0.683 bits per heavy atom. The maximum Gasteiger partial charge on any atom is 0.188 e. The van der Waals surface area contributed by atoms with Crippen LogP contribution in [0.15, 0.2) is 132 Å². The normalized spacial score (nSPS) is 12.2. The average molecular weight is 983 g/mol. The number of imidazole rings is 1. The zero-order valence-electron chi connectivity index (χ0n) is 36.8. The van der Waals surface area contributed by atoms with E-state index in [1.165, 1.54) is 27.4 Å². The van der Waals surface area contributed by atoms with Crippen LogP contribution in [0.3, 0.4) is 0 Å². The van der Waals surface area contributed by atoms with Gasteiger partial charge in [0.1, 0.15) is 5.58 Å². The zero-order chi connectivity index (χ0) is 42.3. The minimum Gasteiger partial charge on any atom is -0.501 e. The van der Waals surface area contributed by atoms with Gasteiger partial charge in [0.05, 0.1) is 19.5 Å². The van der Waals surface area contributed by atoms with Gasteiger partial charge in [-0.1, -0.05) is 132 Å². The standard InChI is InChI=1S/C35H29N4O.C17H22NSi.Ir/c1-21(2)28-19-24(23-11-6-5-7-12-23)20-29(22(3)4)31(28)39-34(38-33-35(39)37-18-17-36-33)27-15-10-14-26-25-13-8-9-16-30(25)40-32(26)27;1-13(2)15-11-16(14-9-7-6-8-10-14)18-12-17(15)19(3,4)5;/h5-14,16-22H,1-4H3;6-9,11-13H,1-5H3;/q2*-1;/i;13D;. The van der Waals surface area contributed by atoms with Crippen LogP contribution in [0.25, 0.3) is 72.7 Å². The Morgan fingerprint density at radius 2 is 1.37 bits per heavy atom. The van der Waals surface area contributed by atoms with Gasteiger partial charge < -0.3 is 14.0 Å². The fourth-order valence-electron chi connectivity index (χ4n) is 7.83. The van der Waals surface area contributed by atoms with Crippen molar-refractivity contribution >= 4 is 46.5 Å². The molecule has 0 aliphatic rings. The van der Waals surface area contributed by atoms with Gasteiger partial charge >= 0.3 is 0 Å². The summed E-state index contributed by atoms with van der Waals surface area (Å²) in [6.45, 7) is 19.8. The van der Waals surface area contributed by atoms with Gasteiger partial charge in [0, 0.05) is 51.1 Å². The summed E-state index contributed by atoms with van der Waals surface area (Å²) >= 11 is 0. The van der Waals surface area contributed by atoms with Crippen molar-refractivity contribution in [1.29, 1.82) is 0 Å². The minimum atomic E-state index is -1.50. The molecule has 1 radical (unpaired) electrons. The molecule has 4 heterocycles. The summed E-state index contributed by atoms with van der Waals surface area (Å²) in [5.41, 5.74) is 12.7. The van der Waals surface area contributed by atoms with E-state index in [1.807, 2.05) is 68.6 Å². The number of para-hydroxylation sites is 1. The number of hydrogen-bond acceptors (Lipinski definition) is 5. The molecule has 0 aliphatic carbocycles. The van der Waals surface area contributed by atoms with Crippen molar-refractivity contribution in [2.75, 3.05) is 0 Å². The first-order valence-corrected chi connectivity index (χ1v) is 23.9. The molecule has 8 heteroatoms. The minimum absolute atomic E-state index is 0. The monoisotopic (exact) mass is 983 g/mol. The second-order valence-corrected chi connectivity index (χ2v) is 22.0. The molecule has 0 unspecified atom stereocenters. The SMILES string of the molecule is CC(C)c1cc(-c2ccccc2)cc(C(C)C)c1-n1c(-c2[c-]ccc3c2oc2ccccc23)nc2nccnc21.[2H]C(C)(C)c1cc(-c2[c-]cccc2)ncc1[Si](C)(C)C.[Ir]. The molecule has 6 nitrogen and oxygen atoms in total. The van der Waals surface area contributed by atoms with Crippen LogP contribution in [0.5, 0.6) is 0 Å². The van der Waals surface area contributed by atoms with Crippen molar-refractivity contribution in [2.24, 2.45) is 0 Å². The Labute approximate surface area is 370 Å². The third-order valence-corrected chi connectivity index (χ3v) is 12.9. The van der Waals surface area contributed by atoms with E-state index in [4.69, 9.17) is 15.8 Å². The van der Waals surface area contributed by atoms with Gasteiger partial charge in [-0.15, -0.1) is 54.1 Å². The van der Waals surface area contributed by atoms with Gasteiger partial charge in [-0.2, -0.15) is 0 Å². The Hall–Kier alpha value is -5.53. The summed E-state index contributed by atoms with van der Waals surface area (Å²) in [5, 5.41) is 3.39. The van der Waals surface area contributed by atoms with Gasteiger partial charge in [0.15, 0.2) is 11.3 Å². The molecule has 9 aromatic rings. The van der Waals surface area contributed by atoms with Gasteiger partial charge in [-0.05, 0) is 69.1 Å². The van der Waals surface area contributed by atoms with Gasteiger partial charge in [-0.3, -0.25) is 4.98 Å². The molecule has 0 spiro atoms. The molecule has 0 fully saturated rings. The molecule has 4 aromatic heterocycles. The van der Waals surface area contributed by atoms with Crippen LogP contribution >= 0.6 is 0 Å². The maximum atomic E-state index is 8.44. The fourth-order valence-corrected chi connectivity index (χ4v) is 9.41. The Kier molecular flexibility index (Phi) is 12.1. The summed E-state index contributed by atoms with van der Waals surface area (Å²) in [5.74, 6) is 0.623. The second-order valence-electron chi connectivity index (χ2n) is 17.0. The van der Waals surface area contributed by atoms with Gasteiger partial charge in [-0.25, -0.2) is 9.97 Å². The first-order valence-electron chi connectivity index (χ1n) is 20.9. The Balaban J connectivity index is 0.000000226. The number of benzene rings is 5. The third kappa shape index (κ3) is 8.29. The molecule has 5 aromatic carbocycles. The van der Waals surface area contributed by atoms with Crippen LogP contribution in [0.2, 0.25) is 19.6 Å². The van der Waals surface area contributed by atoms with Crippen LogP contribution in [0, 0.1) is 12.1 Å². The number of aromatic nitrogens is 5. The molecule has 0 N–H and O–H groups in total. The number of furan rings is 1. The molecule has 305 valence electrons. The molecule has 0 saturated carbocycles. The van der Waals surface area contributed by atoms with Gasteiger partial charge in [0.25, 0.3) is 0 Å². The molecular weight excluding hydrogens is 931 g/mol. The van der Waals surface area contributed by atoms with Crippen LogP contribution in [0.4, 0.5) is 0 Å². The molecule has 0 aliphatic heterocycles. The first-order chi connectivity index (χ1) is 28.7. The quantitative estimate of drug-likeness (QED) is 0.112. The van der Waals surface area contributed by atoms with E-state index >= 15 is 0 Å². The van der Waals surface area contributed by atoms with E-state index in [0.717, 1.165) is 61.5 Å². The molecule has 60 heavy (non-hydrogen) atoms. The van der Waals surface area contributed by atoms with Crippen molar-refractivity contribution in [1.82, 2.24) is 24.5 Å². The Bertz CT molecular complexity index is 2940. The van der Waals surface area contributed by atoms with Crippen molar-refractivity contribution < 1.29 is 25.9 Å². The van der Waals surface area contributed by atoms with E-state index in [9.17, 15) is 0 Å². The number of nitrogens with zero attached hydrogens (tertiary/aromatic N) is 5. The van der Waals surface area contributed by atoms with Crippen molar-refractivity contribution in [2.45, 2.75) is 78.9 Å². The summed E-state index contributed by atoms with van der Waals surface area (Å²) in [7, 11) is -1.50. The molecule has 0 amide bonds. The maximum absolute atomic E-state index is 8.44. The van der Waals surface area contributed by atoms with Crippen LogP contribution in [-0.2, 0) is 20.1 Å². The van der Waals surface area contributed by atoms with Crippen molar-refractivity contribution in [3.63, 3.8) is 0 Å². The molecule has 0 saturated heterocycles. The smallest absolute Gasteiger partial charge is 0.188 e. The molecular formula is C52H51IrN5OSi-2. The van der Waals surface area contributed by atoms with E-state index < -0.39 is 14.0 Å². The summed E-state index contributed by atoms with van der Waals surface area (Å²) in [6.07, 6.45) is 5.41. The Morgan fingerprint density at radius 3 is 2.03 bits per heavy atom. The van der Waals surface area contributed by atoms with Crippen molar-refractivity contribution in [3.05, 3.63) is 157 Å². The van der Waals surface area contributed by atoms with E-state index in [0.29, 0.717) is 5.65 Å².